The van der Waals surface area contributed by atoms with Crippen LogP contribution in [0, 0.1) is 0 Å². The molecule has 0 saturated carbocycles. The molecule has 1 aliphatic rings. The number of carboxylic acid groups (broad SMARTS) is 1. The molecule has 3 unspecified atom stereocenters. The predicted octanol–water partition coefficient (Wildman–Crippen LogP) is -3.99. The molecule has 0 aliphatic carbocycles. The minimum atomic E-state index is -2.00. The molecule has 15 atom stereocenters. The van der Waals surface area contributed by atoms with Gasteiger partial charge < -0.3 is 123 Å². The zero-order valence-electron chi connectivity index (χ0n) is 67.2. The number of nitrogens with one attached hydrogen (secondary N) is 14. The van der Waals surface area contributed by atoms with Gasteiger partial charge >= 0.3 is 5.97 Å². The highest BCUT2D eigenvalue weighted by Gasteiger charge is 2.40. The molecule has 1 fully saturated rings. The largest absolute Gasteiger partial charge is 0.508 e. The lowest BCUT2D eigenvalue weighted by atomic mass is 10.00. The molecule has 7 rings (SSSR count). The Kier molecular flexibility index (Phi) is 39.5. The second-order valence-corrected chi connectivity index (χ2v) is 31.8. The minimum Gasteiger partial charge on any atom is -0.508 e. The van der Waals surface area contributed by atoms with Crippen molar-refractivity contribution in [1.29, 1.82) is 0 Å². The number of primary amides is 1. The van der Waals surface area contributed by atoms with Gasteiger partial charge in [-0.2, -0.15) is 0 Å². The molecule has 5 aromatic carbocycles. The van der Waals surface area contributed by atoms with E-state index in [2.05, 4.69) is 74.1 Å². The predicted molar refractivity (Wildman–Crippen MR) is 451 cm³/mol. The van der Waals surface area contributed by atoms with Crippen molar-refractivity contribution in [1.82, 2.24) is 74.1 Å². The fraction of sp³-hybridized carbons (Fsp3) is 0.427. The van der Waals surface area contributed by atoms with E-state index < -0.39 is 210 Å². The van der Waals surface area contributed by atoms with Crippen molar-refractivity contribution in [3.63, 3.8) is 0 Å². The van der Waals surface area contributed by atoms with Crippen molar-refractivity contribution >= 4 is 121 Å². The molecule has 2 heterocycles. The molecule has 1 saturated heterocycles. The number of unbranched alkanes of at least 4 members (excludes halogenated alkanes) is 2. The summed E-state index contributed by atoms with van der Waals surface area (Å²) < 4.78 is 0. The Morgan fingerprint density at radius 2 is 0.869 bits per heavy atom. The number of hydrogen-bond acceptors (Lipinski definition) is 24. The number of aliphatic carboxylic acids is 1. The quantitative estimate of drug-likeness (QED) is 0.0164. The van der Waals surface area contributed by atoms with E-state index in [0.717, 1.165) is 24.6 Å². The average Bonchev–Trinajstić information content (AvgIpc) is 1.67. The first-order valence-corrected chi connectivity index (χ1v) is 42.1. The Morgan fingerprint density at radius 1 is 0.467 bits per heavy atom. The molecule has 1 aromatic heterocycles. The maximum Gasteiger partial charge on any atom is 0.327 e. The lowest BCUT2D eigenvalue weighted by Crippen LogP contribution is -2.63. The average molecular weight is 1730 g/mol. The Labute approximate surface area is 710 Å². The first-order valence-electron chi connectivity index (χ1n) is 39.6. The zero-order valence-corrected chi connectivity index (χ0v) is 68.9. The summed E-state index contributed by atoms with van der Waals surface area (Å²) in [6, 6.07) is 14.9. The molecule has 122 heavy (non-hydrogen) atoms. The number of aromatic nitrogens is 1. The van der Waals surface area contributed by atoms with Crippen molar-refractivity contribution < 1.29 is 97.5 Å². The van der Waals surface area contributed by atoms with Gasteiger partial charge in [0.15, 0.2) is 0 Å². The van der Waals surface area contributed by atoms with Crippen molar-refractivity contribution in [2.75, 3.05) is 37.7 Å². The molecule has 0 spiro atoms. The number of benzene rings is 5. The second kappa shape index (κ2) is 49.6. The molecule has 14 amide bonds. The van der Waals surface area contributed by atoms with Gasteiger partial charge in [0.25, 0.3) is 0 Å². The highest BCUT2D eigenvalue weighted by atomic mass is 33.1. The number of phenols is 1. The van der Waals surface area contributed by atoms with E-state index in [4.69, 9.17) is 22.9 Å². The van der Waals surface area contributed by atoms with Gasteiger partial charge in [0.05, 0.1) is 37.8 Å². The fourth-order valence-corrected chi connectivity index (χ4v) is 15.2. The van der Waals surface area contributed by atoms with E-state index in [-0.39, 0.29) is 83.0 Å². The van der Waals surface area contributed by atoms with E-state index in [1.54, 1.807) is 121 Å². The fourth-order valence-electron chi connectivity index (χ4n) is 12.9. The van der Waals surface area contributed by atoms with Crippen LogP contribution < -0.4 is 92.1 Å². The van der Waals surface area contributed by atoms with Crippen molar-refractivity contribution in [2.45, 2.75) is 182 Å². The van der Waals surface area contributed by atoms with Crippen LogP contribution in [0.1, 0.15) is 86.6 Å². The highest BCUT2D eigenvalue weighted by Crippen LogP contribution is 2.25. The molecule has 1 aliphatic heterocycles. The van der Waals surface area contributed by atoms with Gasteiger partial charge in [-0.3, -0.25) is 67.1 Å². The van der Waals surface area contributed by atoms with Gasteiger partial charge in [0, 0.05) is 54.3 Å². The van der Waals surface area contributed by atoms with Crippen LogP contribution >= 0.6 is 21.6 Å². The zero-order chi connectivity index (χ0) is 89.0. The number of aromatic amines is 1. The number of fused-ring (bicyclic) bond motifs is 1. The van der Waals surface area contributed by atoms with Crippen molar-refractivity contribution in [3.8, 4) is 5.75 Å². The molecule has 0 radical (unpaired) electrons. The van der Waals surface area contributed by atoms with Crippen molar-refractivity contribution in [3.05, 3.63) is 174 Å². The van der Waals surface area contributed by atoms with Crippen molar-refractivity contribution in [2.24, 2.45) is 22.9 Å². The Morgan fingerprint density at radius 3 is 1.34 bits per heavy atom. The van der Waals surface area contributed by atoms with Gasteiger partial charge in [0.2, 0.25) is 82.7 Å². The third kappa shape index (κ3) is 31.5. The van der Waals surface area contributed by atoms with E-state index in [9.17, 15) is 83.1 Å². The van der Waals surface area contributed by atoms with E-state index in [0.29, 0.717) is 55.9 Å². The summed E-state index contributed by atoms with van der Waals surface area (Å²) in [5, 5.41) is 86.2. The third-order valence-electron chi connectivity index (χ3n) is 19.6. The standard InChI is InChI=1S/C82H108N18O20S2/c1-45(102)68-80(117)96-60(37-49-22-10-5-11-23-49)77(114)100-69(46(2)103)81(118)97-63(42-101)78(115)98-65(82(119)120)44-122-121-43-64(89-67(106)41-88-70(107)54(85)34-50-28-30-52(104)31-29-50)79(116)91-56(26-14-16-32-83)71(108)95-62(39-66(86)105)76(113)93-58(35-47-18-6-3-7-19-47)73(110)92-59(36-48-20-8-4-9-21-48)74(111)94-61(38-51-40-87-55-25-13-12-24-53(51)55)75(112)90-57(72(109)99-68)27-15-17-33-84/h3-13,18-25,28-31,40,45-46,54,56-65,68-69,87,101-104H,14-17,26-27,32-39,41-44,83-85H2,1-2H3,(H2,86,105)(H,88,107)(H,89,106)(H,90,112)(H,91,116)(H,92,110)(H,93,113)(H,94,111)(H,95,108)(H,96,117)(H,97,118)(H,98,115)(H,99,109)(H,100,114)(H,119,120)/t45-,46-,54+,56+,57+,58+,59+,60+,61?,62+,63?,64?,65+,68+,69+/m1/s1. The first kappa shape index (κ1) is 97.1. The molecule has 38 nitrogen and oxygen atoms in total. The van der Waals surface area contributed by atoms with Gasteiger partial charge in [-0.05, 0) is 118 Å². The maximum atomic E-state index is 15.4. The molecule has 658 valence electrons. The topological polar surface area (TPSA) is 633 Å². The number of hydrogen-bond donors (Lipinski definition) is 23. The monoisotopic (exact) mass is 1730 g/mol. The number of H-pyrrole nitrogens is 1. The number of carboxylic acids is 1. The van der Waals surface area contributed by atoms with Crippen LogP contribution in [0.15, 0.2) is 146 Å². The van der Waals surface area contributed by atoms with E-state index >= 15 is 14.4 Å². The Bertz CT molecular complexity index is 4540. The summed E-state index contributed by atoms with van der Waals surface area (Å²) in [6.45, 7) is 0.429. The number of aliphatic hydroxyl groups is 3. The lowest BCUT2D eigenvalue weighted by molar-refractivity contribution is -0.142. The molecular formula is C82H108N18O20S2. The van der Waals surface area contributed by atoms with E-state index in [1.807, 2.05) is 0 Å². The van der Waals surface area contributed by atoms with Crippen LogP contribution in [0.2, 0.25) is 0 Å². The number of carbonyl (C=O) groups excluding carboxylic acids is 14. The molecule has 27 N–H and O–H groups in total. The number of aromatic hydroxyl groups is 1. The summed E-state index contributed by atoms with van der Waals surface area (Å²) in [5.74, 6) is -18.1. The Balaban J connectivity index is 1.30. The molecule has 0 bridgehead atoms. The normalized spacial score (nSPS) is 23.0. The number of rotatable bonds is 28. The summed E-state index contributed by atoms with van der Waals surface area (Å²) in [7, 11) is 1.46. The SMILES string of the molecule is C[C@@H](O)[C@@H]1NC(=O)[C@H](Cc2ccccc2)NC(=O)[C@H]([C@@H](C)O)NC(=O)[C@H](CCCCN)NC(=O)C(Cc2c[nH]c3ccccc23)NC(=O)[C@H](Cc2ccccc2)NC(=O)[C@H](Cc2ccccc2)NC(=O)[C@H](CC(N)=O)NC(=O)[C@H](CCCCN)NC(=O)C(NC(=O)CNC(=O)[C@@H](N)Cc2ccc(O)cc2)CSSC[C@@H](C(=O)O)NC(=O)C(CO)NC1=O. The lowest BCUT2D eigenvalue weighted by Gasteiger charge is -2.29. The molecule has 40 heteroatoms. The number of nitrogens with two attached hydrogens (primary N) is 4. The van der Waals surface area contributed by atoms with Gasteiger partial charge in [0.1, 0.15) is 78.3 Å². The number of amides is 14. The van der Waals surface area contributed by atoms with Crippen LogP contribution in [-0.4, -0.2) is 248 Å². The van der Waals surface area contributed by atoms with Crippen LogP contribution in [0.4, 0.5) is 0 Å². The Hall–Kier alpha value is -12.0. The first-order chi connectivity index (χ1) is 58.3. The number of phenolic OH excluding ortho intramolecular Hbond substituents is 1. The second-order valence-electron chi connectivity index (χ2n) is 29.3. The van der Waals surface area contributed by atoms with Gasteiger partial charge in [-0.25, -0.2) is 4.79 Å². The van der Waals surface area contributed by atoms with Crippen LogP contribution in [0.25, 0.3) is 10.9 Å². The number of para-hydroxylation sites is 1. The summed E-state index contributed by atoms with van der Waals surface area (Å²) in [6.07, 6.45) is -3.67. The summed E-state index contributed by atoms with van der Waals surface area (Å²) in [4.78, 5) is 219. The van der Waals surface area contributed by atoms with Crippen LogP contribution in [0.3, 0.4) is 0 Å². The number of carbonyl (C=O) groups is 15. The van der Waals surface area contributed by atoms with Gasteiger partial charge in [-0.1, -0.05) is 143 Å². The van der Waals surface area contributed by atoms with Crippen LogP contribution in [-0.2, 0) is 104 Å². The van der Waals surface area contributed by atoms with E-state index in [1.165, 1.54) is 24.3 Å². The van der Waals surface area contributed by atoms with Crippen LogP contribution in [0.5, 0.6) is 5.75 Å². The minimum absolute atomic E-state index is 0.0363. The number of aliphatic hydroxyl groups excluding tert-OH is 3. The third-order valence-corrected chi connectivity index (χ3v) is 22.0. The molecule has 6 aromatic rings. The summed E-state index contributed by atoms with van der Waals surface area (Å²) in [5.41, 5.74) is 26.7. The smallest absolute Gasteiger partial charge is 0.327 e. The highest BCUT2D eigenvalue weighted by molar-refractivity contribution is 8.76. The maximum absolute atomic E-state index is 15.4. The molecular weight excluding hydrogens is 1620 g/mol. The van der Waals surface area contributed by atoms with Gasteiger partial charge in [-0.15, -0.1) is 0 Å². The summed E-state index contributed by atoms with van der Waals surface area (Å²) >= 11 is 0.